The average Bonchev–Trinajstić information content (AvgIpc) is 3.22. The lowest BCUT2D eigenvalue weighted by atomic mass is 10.1. The molecule has 1 saturated carbocycles. The highest BCUT2D eigenvalue weighted by Gasteiger charge is 2.20. The Kier molecular flexibility index (Phi) is 3.76. The number of aromatic nitrogens is 1. The molecule has 0 atom stereocenters. The van der Waals surface area contributed by atoms with Crippen molar-refractivity contribution in [2.45, 2.75) is 44.4 Å². The largest absolute Gasteiger partial charge is 0.474 e. The topological polar surface area (TPSA) is 43.4 Å². The molecular formula is C14H20N2O2. The Morgan fingerprint density at radius 3 is 2.83 bits per heavy atom. The summed E-state index contributed by atoms with van der Waals surface area (Å²) in [6, 6.07) is 6.72. The second-order valence-corrected chi connectivity index (χ2v) is 5.05. The van der Waals surface area contributed by atoms with Gasteiger partial charge < -0.3 is 14.8 Å². The molecule has 2 aliphatic rings. The lowest BCUT2D eigenvalue weighted by molar-refractivity contribution is 0.0236. The summed E-state index contributed by atoms with van der Waals surface area (Å²) in [4.78, 5) is 4.54. The third kappa shape index (κ3) is 3.43. The number of hydrogen-bond acceptors (Lipinski definition) is 4. The van der Waals surface area contributed by atoms with E-state index in [4.69, 9.17) is 9.47 Å². The van der Waals surface area contributed by atoms with Crippen LogP contribution in [0, 0.1) is 0 Å². The Labute approximate surface area is 108 Å². The number of nitrogens with one attached hydrogen (secondary N) is 1. The lowest BCUT2D eigenvalue weighted by Gasteiger charge is -2.22. The summed E-state index contributed by atoms with van der Waals surface area (Å²) in [7, 11) is 0. The maximum absolute atomic E-state index is 5.90. The molecule has 0 spiro atoms. The molecule has 1 aromatic rings. The molecule has 1 aromatic heterocycles. The van der Waals surface area contributed by atoms with E-state index >= 15 is 0 Å². The number of nitrogens with zero attached hydrogens (tertiary/aromatic N) is 1. The molecule has 4 heteroatoms. The molecular weight excluding hydrogens is 228 g/mol. The molecule has 0 aromatic carbocycles. The van der Waals surface area contributed by atoms with Crippen LogP contribution in [-0.2, 0) is 11.3 Å². The zero-order chi connectivity index (χ0) is 12.2. The predicted molar refractivity (Wildman–Crippen MR) is 68.6 cm³/mol. The van der Waals surface area contributed by atoms with Crippen molar-refractivity contribution >= 4 is 0 Å². The zero-order valence-electron chi connectivity index (χ0n) is 10.6. The fraction of sp³-hybridized carbons (Fsp3) is 0.643. The summed E-state index contributed by atoms with van der Waals surface area (Å²) < 4.78 is 11.2. The molecule has 0 bridgehead atoms. The monoisotopic (exact) mass is 248 g/mol. The predicted octanol–water partition coefficient (Wildman–Crippen LogP) is 1.89. The third-order valence-electron chi connectivity index (χ3n) is 3.39. The van der Waals surface area contributed by atoms with Gasteiger partial charge in [0, 0.05) is 31.5 Å². The van der Waals surface area contributed by atoms with E-state index in [2.05, 4.69) is 10.3 Å². The van der Waals surface area contributed by atoms with E-state index < -0.39 is 0 Å². The quantitative estimate of drug-likeness (QED) is 0.864. The van der Waals surface area contributed by atoms with Crippen LogP contribution in [0.3, 0.4) is 0 Å². The molecule has 0 radical (unpaired) electrons. The summed E-state index contributed by atoms with van der Waals surface area (Å²) in [6.07, 6.45) is 4.80. The summed E-state index contributed by atoms with van der Waals surface area (Å²) in [5.74, 6) is 0.747. The standard InChI is InChI=1S/C14H20N2O2/c1-2-12(10-15-11-4-5-11)16-14(3-1)18-13-6-8-17-9-7-13/h1-3,11,13,15H,4-10H2. The van der Waals surface area contributed by atoms with Gasteiger partial charge in [-0.15, -0.1) is 0 Å². The molecule has 1 N–H and O–H groups in total. The summed E-state index contributed by atoms with van der Waals surface area (Å²) in [5, 5.41) is 3.47. The summed E-state index contributed by atoms with van der Waals surface area (Å²) in [5.41, 5.74) is 1.06. The zero-order valence-corrected chi connectivity index (χ0v) is 10.6. The Morgan fingerprint density at radius 1 is 1.22 bits per heavy atom. The van der Waals surface area contributed by atoms with Gasteiger partial charge in [-0.25, -0.2) is 4.98 Å². The number of rotatable bonds is 5. The highest BCUT2D eigenvalue weighted by molar-refractivity contribution is 5.16. The molecule has 4 nitrogen and oxygen atoms in total. The van der Waals surface area contributed by atoms with Crippen molar-refractivity contribution < 1.29 is 9.47 Å². The lowest BCUT2D eigenvalue weighted by Crippen LogP contribution is -2.26. The van der Waals surface area contributed by atoms with Gasteiger partial charge in [-0.05, 0) is 18.9 Å². The van der Waals surface area contributed by atoms with Gasteiger partial charge in [-0.1, -0.05) is 6.07 Å². The van der Waals surface area contributed by atoms with Crippen LogP contribution in [0.4, 0.5) is 0 Å². The molecule has 0 unspecified atom stereocenters. The second-order valence-electron chi connectivity index (χ2n) is 5.05. The number of ether oxygens (including phenoxy) is 2. The molecule has 2 fully saturated rings. The van der Waals surface area contributed by atoms with E-state index in [9.17, 15) is 0 Å². The maximum Gasteiger partial charge on any atom is 0.213 e. The van der Waals surface area contributed by atoms with Crippen molar-refractivity contribution in [3.8, 4) is 5.88 Å². The van der Waals surface area contributed by atoms with Crippen LogP contribution in [0.1, 0.15) is 31.4 Å². The van der Waals surface area contributed by atoms with Gasteiger partial charge in [0.2, 0.25) is 5.88 Å². The van der Waals surface area contributed by atoms with E-state index in [1.165, 1.54) is 12.8 Å². The highest BCUT2D eigenvalue weighted by atomic mass is 16.5. The molecule has 3 rings (SSSR count). The van der Waals surface area contributed by atoms with Crippen molar-refractivity contribution in [2.24, 2.45) is 0 Å². The van der Waals surface area contributed by atoms with Crippen molar-refractivity contribution in [1.29, 1.82) is 0 Å². The normalized spacial score (nSPS) is 20.9. The Balaban J connectivity index is 1.55. The minimum absolute atomic E-state index is 0.262. The first-order chi connectivity index (χ1) is 8.90. The van der Waals surface area contributed by atoms with Crippen molar-refractivity contribution in [3.05, 3.63) is 23.9 Å². The Bertz CT molecular complexity index is 387. The fourth-order valence-corrected chi connectivity index (χ4v) is 2.12. The van der Waals surface area contributed by atoms with Gasteiger partial charge in [-0.2, -0.15) is 0 Å². The van der Waals surface area contributed by atoms with Crippen LogP contribution < -0.4 is 10.1 Å². The molecule has 18 heavy (non-hydrogen) atoms. The van der Waals surface area contributed by atoms with Gasteiger partial charge in [0.05, 0.1) is 18.9 Å². The van der Waals surface area contributed by atoms with E-state index in [1.54, 1.807) is 0 Å². The van der Waals surface area contributed by atoms with Gasteiger partial charge in [0.1, 0.15) is 6.10 Å². The second kappa shape index (κ2) is 5.67. The van der Waals surface area contributed by atoms with Gasteiger partial charge >= 0.3 is 0 Å². The minimum Gasteiger partial charge on any atom is -0.474 e. The third-order valence-corrected chi connectivity index (χ3v) is 3.39. The number of pyridine rings is 1. The van der Waals surface area contributed by atoms with E-state index in [0.29, 0.717) is 6.04 Å². The van der Waals surface area contributed by atoms with E-state index in [1.807, 2.05) is 18.2 Å². The van der Waals surface area contributed by atoms with Crippen LogP contribution in [0.25, 0.3) is 0 Å². The molecule has 98 valence electrons. The number of hydrogen-bond donors (Lipinski definition) is 1. The summed E-state index contributed by atoms with van der Waals surface area (Å²) >= 11 is 0. The van der Waals surface area contributed by atoms with E-state index in [0.717, 1.165) is 44.2 Å². The Morgan fingerprint density at radius 2 is 2.06 bits per heavy atom. The SMILES string of the molecule is c1cc(CNC2CC2)nc(OC2CCOCC2)c1. The first kappa shape index (κ1) is 11.9. The molecule has 0 amide bonds. The minimum atomic E-state index is 0.262. The molecule has 2 heterocycles. The maximum atomic E-state index is 5.90. The average molecular weight is 248 g/mol. The van der Waals surface area contributed by atoms with Crippen LogP contribution in [0.5, 0.6) is 5.88 Å². The van der Waals surface area contributed by atoms with Gasteiger partial charge in [-0.3, -0.25) is 0 Å². The van der Waals surface area contributed by atoms with Crippen LogP contribution in [-0.4, -0.2) is 30.3 Å². The van der Waals surface area contributed by atoms with Crippen LogP contribution in [0.2, 0.25) is 0 Å². The Hall–Kier alpha value is -1.13. The smallest absolute Gasteiger partial charge is 0.213 e. The van der Waals surface area contributed by atoms with Crippen molar-refractivity contribution in [1.82, 2.24) is 10.3 Å². The van der Waals surface area contributed by atoms with Gasteiger partial charge in [0.15, 0.2) is 0 Å². The fourth-order valence-electron chi connectivity index (χ4n) is 2.12. The van der Waals surface area contributed by atoms with E-state index in [-0.39, 0.29) is 6.10 Å². The van der Waals surface area contributed by atoms with Crippen molar-refractivity contribution in [2.75, 3.05) is 13.2 Å². The first-order valence-electron chi connectivity index (χ1n) is 6.84. The van der Waals surface area contributed by atoms with Crippen LogP contribution in [0.15, 0.2) is 18.2 Å². The van der Waals surface area contributed by atoms with Crippen LogP contribution >= 0.6 is 0 Å². The molecule has 1 aliphatic carbocycles. The van der Waals surface area contributed by atoms with Crippen molar-refractivity contribution in [3.63, 3.8) is 0 Å². The molecule has 1 saturated heterocycles. The summed E-state index contributed by atoms with van der Waals surface area (Å²) in [6.45, 7) is 2.44. The van der Waals surface area contributed by atoms with Gasteiger partial charge in [0.25, 0.3) is 0 Å². The highest BCUT2D eigenvalue weighted by Crippen LogP contribution is 2.20. The first-order valence-corrected chi connectivity index (χ1v) is 6.84. The molecule has 1 aliphatic heterocycles.